The molecule has 156 valence electrons. The average molecular weight is 463 g/mol. The fourth-order valence-corrected chi connectivity index (χ4v) is 4.59. The molecule has 0 fully saturated rings. The standard InChI is InChI=1S/C22H20Cl2N2O3S/c1-15-4-2-3-5-20(15)26-30(28,29)21-14-17(8-11-19(21)24)22(27)25-13-12-16-6-9-18(23)10-7-16/h2-11,14,26H,12-13H2,1H3,(H,25,27). The highest BCUT2D eigenvalue weighted by Gasteiger charge is 2.21. The summed E-state index contributed by atoms with van der Waals surface area (Å²) in [7, 11) is -3.96. The van der Waals surface area contributed by atoms with Gasteiger partial charge in [0.1, 0.15) is 4.90 Å². The summed E-state index contributed by atoms with van der Waals surface area (Å²) in [5.74, 6) is -0.382. The number of aryl methyl sites for hydroxylation is 1. The normalized spacial score (nSPS) is 11.2. The Morgan fingerprint density at radius 1 is 0.967 bits per heavy atom. The van der Waals surface area contributed by atoms with Gasteiger partial charge in [-0.3, -0.25) is 9.52 Å². The predicted octanol–water partition coefficient (Wildman–Crippen LogP) is 5.08. The Labute approximate surface area is 186 Å². The first-order valence-corrected chi connectivity index (χ1v) is 11.4. The molecule has 5 nitrogen and oxygen atoms in total. The van der Waals surface area contributed by atoms with Gasteiger partial charge in [0.2, 0.25) is 0 Å². The van der Waals surface area contributed by atoms with Gasteiger partial charge in [0.05, 0.1) is 10.7 Å². The van der Waals surface area contributed by atoms with E-state index in [4.69, 9.17) is 23.2 Å². The summed E-state index contributed by atoms with van der Waals surface area (Å²) in [4.78, 5) is 12.3. The van der Waals surface area contributed by atoms with Gasteiger partial charge in [0, 0.05) is 17.1 Å². The maximum atomic E-state index is 12.8. The van der Waals surface area contributed by atoms with Crippen molar-refractivity contribution in [3.05, 3.63) is 93.5 Å². The van der Waals surface area contributed by atoms with E-state index in [1.807, 2.05) is 18.2 Å². The molecule has 0 aliphatic heterocycles. The van der Waals surface area contributed by atoms with Crippen molar-refractivity contribution >= 4 is 44.8 Å². The summed E-state index contributed by atoms with van der Waals surface area (Å²) in [6, 6.07) is 18.5. The molecule has 0 aromatic heterocycles. The topological polar surface area (TPSA) is 75.3 Å². The van der Waals surface area contributed by atoms with Gasteiger partial charge in [0.25, 0.3) is 15.9 Å². The van der Waals surface area contributed by atoms with Crippen LogP contribution in [0.1, 0.15) is 21.5 Å². The molecule has 0 radical (unpaired) electrons. The Morgan fingerprint density at radius 3 is 2.37 bits per heavy atom. The largest absolute Gasteiger partial charge is 0.352 e. The predicted molar refractivity (Wildman–Crippen MR) is 121 cm³/mol. The second-order valence-corrected chi connectivity index (χ2v) is 9.19. The monoisotopic (exact) mass is 462 g/mol. The Bertz CT molecular complexity index is 1160. The smallest absolute Gasteiger partial charge is 0.263 e. The number of sulfonamides is 1. The first-order valence-electron chi connectivity index (χ1n) is 9.17. The summed E-state index contributed by atoms with van der Waals surface area (Å²) in [5.41, 5.74) is 2.46. The Morgan fingerprint density at radius 2 is 1.67 bits per heavy atom. The van der Waals surface area contributed by atoms with Gasteiger partial charge in [-0.05, 0) is 60.9 Å². The van der Waals surface area contributed by atoms with E-state index in [9.17, 15) is 13.2 Å². The maximum absolute atomic E-state index is 12.8. The molecule has 3 rings (SSSR count). The first kappa shape index (κ1) is 22.2. The summed E-state index contributed by atoms with van der Waals surface area (Å²) >= 11 is 12.0. The third-order valence-corrected chi connectivity index (χ3v) is 6.58. The number of carbonyl (C=O) groups excluding carboxylic acids is 1. The second-order valence-electron chi connectivity index (χ2n) is 6.70. The molecule has 8 heteroatoms. The molecule has 0 aliphatic carbocycles. The average Bonchev–Trinajstić information content (AvgIpc) is 2.71. The zero-order chi connectivity index (χ0) is 21.7. The molecule has 0 unspecified atom stereocenters. The van der Waals surface area contributed by atoms with Gasteiger partial charge in [-0.15, -0.1) is 0 Å². The molecular weight excluding hydrogens is 443 g/mol. The highest BCUT2D eigenvalue weighted by atomic mass is 35.5. The van der Waals surface area contributed by atoms with E-state index in [0.29, 0.717) is 23.7 Å². The second kappa shape index (κ2) is 9.51. The minimum absolute atomic E-state index is 0.0359. The molecule has 0 saturated heterocycles. The fraction of sp³-hybridized carbons (Fsp3) is 0.136. The van der Waals surface area contributed by atoms with Gasteiger partial charge >= 0.3 is 0 Å². The van der Waals surface area contributed by atoms with Crippen LogP contribution in [0, 0.1) is 6.92 Å². The van der Waals surface area contributed by atoms with Crippen molar-refractivity contribution in [1.82, 2.24) is 5.32 Å². The Hall–Kier alpha value is -2.54. The first-order chi connectivity index (χ1) is 14.3. The van der Waals surface area contributed by atoms with E-state index in [2.05, 4.69) is 10.0 Å². The molecule has 0 heterocycles. The van der Waals surface area contributed by atoms with Gasteiger partial charge in [-0.25, -0.2) is 8.42 Å². The number of rotatable bonds is 7. The number of nitrogens with one attached hydrogen (secondary N) is 2. The zero-order valence-electron chi connectivity index (χ0n) is 16.2. The van der Waals surface area contributed by atoms with Crippen LogP contribution in [0.15, 0.2) is 71.6 Å². The molecule has 0 atom stereocenters. The number of anilines is 1. The minimum Gasteiger partial charge on any atom is -0.352 e. The summed E-state index contributed by atoms with van der Waals surface area (Å²) in [5, 5.41) is 3.47. The van der Waals surface area contributed by atoms with Crippen LogP contribution < -0.4 is 10.0 Å². The molecule has 0 saturated carbocycles. The van der Waals surface area contributed by atoms with E-state index in [1.165, 1.54) is 18.2 Å². The Balaban J connectivity index is 1.73. The lowest BCUT2D eigenvalue weighted by Gasteiger charge is -2.13. The van der Waals surface area contributed by atoms with Crippen LogP contribution in [0.25, 0.3) is 0 Å². The van der Waals surface area contributed by atoms with Gasteiger partial charge < -0.3 is 5.32 Å². The van der Waals surface area contributed by atoms with Crippen molar-refractivity contribution in [3.63, 3.8) is 0 Å². The highest BCUT2D eigenvalue weighted by Crippen LogP contribution is 2.26. The fourth-order valence-electron chi connectivity index (χ4n) is 2.81. The molecule has 3 aromatic rings. The molecule has 30 heavy (non-hydrogen) atoms. The van der Waals surface area contributed by atoms with Crippen molar-refractivity contribution in [1.29, 1.82) is 0 Å². The summed E-state index contributed by atoms with van der Waals surface area (Å²) in [6.07, 6.45) is 0.622. The van der Waals surface area contributed by atoms with Crippen LogP contribution in [0.4, 0.5) is 5.69 Å². The van der Waals surface area contributed by atoms with Crippen molar-refractivity contribution in [2.75, 3.05) is 11.3 Å². The summed E-state index contributed by atoms with van der Waals surface area (Å²) in [6.45, 7) is 2.19. The van der Waals surface area contributed by atoms with E-state index >= 15 is 0 Å². The van der Waals surface area contributed by atoms with Crippen LogP contribution in [-0.2, 0) is 16.4 Å². The molecule has 0 spiro atoms. The van der Waals surface area contributed by atoms with Crippen molar-refractivity contribution in [3.8, 4) is 0 Å². The molecular formula is C22H20Cl2N2O3S. The van der Waals surface area contributed by atoms with Crippen LogP contribution in [0.5, 0.6) is 0 Å². The van der Waals surface area contributed by atoms with Gasteiger partial charge in [-0.1, -0.05) is 53.5 Å². The van der Waals surface area contributed by atoms with Crippen molar-refractivity contribution < 1.29 is 13.2 Å². The van der Waals surface area contributed by atoms with Crippen molar-refractivity contribution in [2.45, 2.75) is 18.2 Å². The van der Waals surface area contributed by atoms with E-state index in [1.54, 1.807) is 37.3 Å². The number of para-hydroxylation sites is 1. The lowest BCUT2D eigenvalue weighted by atomic mass is 10.1. The van der Waals surface area contributed by atoms with Crippen LogP contribution >= 0.6 is 23.2 Å². The molecule has 1 amide bonds. The molecule has 3 aromatic carbocycles. The minimum atomic E-state index is -3.96. The number of amides is 1. The molecule has 2 N–H and O–H groups in total. The van der Waals surface area contributed by atoms with E-state index in [0.717, 1.165) is 11.1 Å². The third kappa shape index (κ3) is 5.53. The van der Waals surface area contributed by atoms with Crippen LogP contribution in [0.2, 0.25) is 10.0 Å². The highest BCUT2D eigenvalue weighted by molar-refractivity contribution is 7.92. The molecule has 0 bridgehead atoms. The van der Waals surface area contributed by atoms with E-state index < -0.39 is 10.0 Å². The number of carbonyl (C=O) groups is 1. The molecule has 0 aliphatic rings. The number of hydrogen-bond donors (Lipinski definition) is 2. The number of benzene rings is 3. The van der Waals surface area contributed by atoms with Gasteiger partial charge in [0.15, 0.2) is 0 Å². The van der Waals surface area contributed by atoms with Gasteiger partial charge in [-0.2, -0.15) is 0 Å². The van der Waals surface area contributed by atoms with Crippen LogP contribution in [-0.4, -0.2) is 20.9 Å². The van der Waals surface area contributed by atoms with E-state index in [-0.39, 0.29) is 21.4 Å². The SMILES string of the molecule is Cc1ccccc1NS(=O)(=O)c1cc(C(=O)NCCc2ccc(Cl)cc2)ccc1Cl. The quantitative estimate of drug-likeness (QED) is 0.514. The zero-order valence-corrected chi connectivity index (χ0v) is 18.5. The lowest BCUT2D eigenvalue weighted by Crippen LogP contribution is -2.26. The number of hydrogen-bond acceptors (Lipinski definition) is 3. The van der Waals surface area contributed by atoms with Crippen molar-refractivity contribution in [2.24, 2.45) is 0 Å². The maximum Gasteiger partial charge on any atom is 0.263 e. The Kier molecular flexibility index (Phi) is 7.02. The van der Waals surface area contributed by atoms with Crippen LogP contribution in [0.3, 0.4) is 0 Å². The lowest BCUT2D eigenvalue weighted by molar-refractivity contribution is 0.0954. The number of halogens is 2. The third-order valence-electron chi connectivity index (χ3n) is 4.48. The summed E-state index contributed by atoms with van der Waals surface area (Å²) < 4.78 is 28.2.